The minimum atomic E-state index is -3.02. The Labute approximate surface area is 116 Å². The lowest BCUT2D eigenvalue weighted by molar-refractivity contribution is 0.255. The van der Waals surface area contributed by atoms with Crippen molar-refractivity contribution in [2.24, 2.45) is 5.92 Å². The number of nitrogens with zero attached hydrogens (tertiary/aromatic N) is 1. The van der Waals surface area contributed by atoms with Crippen molar-refractivity contribution in [3.05, 3.63) is 0 Å². The summed E-state index contributed by atoms with van der Waals surface area (Å²) < 4.78 is 24.6. The van der Waals surface area contributed by atoms with E-state index in [1.54, 1.807) is 4.31 Å². The number of halogens is 1. The van der Waals surface area contributed by atoms with Crippen LogP contribution in [0.15, 0.2) is 0 Å². The van der Waals surface area contributed by atoms with Gasteiger partial charge < -0.3 is 5.32 Å². The maximum Gasteiger partial charge on any atom is 0.211 e. The van der Waals surface area contributed by atoms with Gasteiger partial charge >= 0.3 is 0 Å². The molecule has 1 rings (SSSR count). The smallest absolute Gasteiger partial charge is 0.211 e. The topological polar surface area (TPSA) is 49.4 Å². The first kappa shape index (κ1) is 16.2. The number of piperidine rings is 1. The van der Waals surface area contributed by atoms with Crippen LogP contribution in [0.3, 0.4) is 0 Å². The molecule has 108 valence electrons. The van der Waals surface area contributed by atoms with Crippen molar-refractivity contribution >= 4 is 21.6 Å². The molecule has 18 heavy (non-hydrogen) atoms. The molecule has 1 saturated heterocycles. The molecular formula is C12H25ClN2O2S. The number of hydrogen-bond donors (Lipinski definition) is 1. The molecular weight excluding hydrogens is 272 g/mol. The fourth-order valence-electron chi connectivity index (χ4n) is 2.35. The summed E-state index contributed by atoms with van der Waals surface area (Å²) in [4.78, 5) is 0. The third-order valence-corrected chi connectivity index (χ3v) is 5.01. The molecule has 0 aromatic rings. The minimum absolute atomic E-state index is 0.437. The summed E-state index contributed by atoms with van der Waals surface area (Å²) >= 11 is 5.66. The van der Waals surface area contributed by atoms with Crippen LogP contribution in [0.5, 0.6) is 0 Å². The van der Waals surface area contributed by atoms with Crippen molar-refractivity contribution < 1.29 is 8.42 Å². The van der Waals surface area contributed by atoms with E-state index in [4.69, 9.17) is 11.6 Å². The van der Waals surface area contributed by atoms with E-state index in [0.717, 1.165) is 32.2 Å². The first-order chi connectivity index (χ1) is 8.43. The van der Waals surface area contributed by atoms with E-state index in [1.807, 2.05) is 0 Å². The Balaban J connectivity index is 2.30. The fraction of sp³-hybridized carbons (Fsp3) is 1.00. The van der Waals surface area contributed by atoms with Gasteiger partial charge in [0.15, 0.2) is 0 Å². The van der Waals surface area contributed by atoms with Gasteiger partial charge in [-0.2, -0.15) is 0 Å². The highest BCUT2D eigenvalue weighted by Crippen LogP contribution is 2.18. The Kier molecular flexibility index (Phi) is 6.92. The summed E-state index contributed by atoms with van der Waals surface area (Å²) in [6.07, 6.45) is 5.48. The molecule has 0 aromatic heterocycles. The molecule has 1 N–H and O–H groups in total. The van der Waals surface area contributed by atoms with Gasteiger partial charge in [0.05, 0.1) is 6.26 Å². The van der Waals surface area contributed by atoms with E-state index in [1.165, 1.54) is 6.26 Å². The molecule has 6 heteroatoms. The molecule has 2 unspecified atom stereocenters. The predicted molar refractivity (Wildman–Crippen MR) is 76.6 cm³/mol. The van der Waals surface area contributed by atoms with Crippen molar-refractivity contribution in [1.29, 1.82) is 0 Å². The highest BCUT2D eigenvalue weighted by Gasteiger charge is 2.25. The van der Waals surface area contributed by atoms with Crippen molar-refractivity contribution in [2.75, 3.05) is 31.8 Å². The molecule has 0 aliphatic carbocycles. The van der Waals surface area contributed by atoms with Gasteiger partial charge in [-0.1, -0.05) is 0 Å². The van der Waals surface area contributed by atoms with Gasteiger partial charge in [0, 0.05) is 25.0 Å². The van der Waals surface area contributed by atoms with Gasteiger partial charge in [-0.05, 0) is 45.1 Å². The zero-order valence-corrected chi connectivity index (χ0v) is 12.9. The molecule has 0 radical (unpaired) electrons. The van der Waals surface area contributed by atoms with Gasteiger partial charge in [0.2, 0.25) is 10.0 Å². The van der Waals surface area contributed by atoms with E-state index in [9.17, 15) is 8.42 Å². The van der Waals surface area contributed by atoms with Crippen LogP contribution < -0.4 is 5.32 Å². The second-order valence-corrected chi connectivity index (χ2v) is 7.63. The second-order valence-electron chi connectivity index (χ2n) is 5.27. The highest BCUT2D eigenvalue weighted by molar-refractivity contribution is 7.88. The third kappa shape index (κ3) is 5.87. The lowest BCUT2D eigenvalue weighted by atomic mass is 9.99. The Bertz CT molecular complexity index is 335. The van der Waals surface area contributed by atoms with Gasteiger partial charge in [-0.15, -0.1) is 11.6 Å². The molecule has 0 aromatic carbocycles. The van der Waals surface area contributed by atoms with E-state index >= 15 is 0 Å². The molecule has 1 aliphatic rings. The Morgan fingerprint density at radius 1 is 1.50 bits per heavy atom. The SMILES string of the molecule is CC(CCCCl)NCC1CCCN(S(C)(=O)=O)C1. The van der Waals surface area contributed by atoms with Gasteiger partial charge in [-0.3, -0.25) is 0 Å². The molecule has 0 spiro atoms. The Hall–Kier alpha value is 0.160. The summed E-state index contributed by atoms with van der Waals surface area (Å²) in [5.74, 6) is 1.14. The summed E-state index contributed by atoms with van der Waals surface area (Å²) in [5, 5.41) is 3.48. The molecule has 0 bridgehead atoms. The molecule has 1 aliphatic heterocycles. The van der Waals surface area contributed by atoms with Crippen molar-refractivity contribution in [3.8, 4) is 0 Å². The van der Waals surface area contributed by atoms with E-state index in [-0.39, 0.29) is 0 Å². The quantitative estimate of drug-likeness (QED) is 0.727. The van der Waals surface area contributed by atoms with Crippen LogP contribution >= 0.6 is 11.6 Å². The first-order valence-electron chi connectivity index (χ1n) is 6.68. The normalized spacial score (nSPS) is 24.1. The van der Waals surface area contributed by atoms with E-state index < -0.39 is 10.0 Å². The maximum absolute atomic E-state index is 11.5. The summed E-state index contributed by atoms with van der Waals surface area (Å²) in [5.41, 5.74) is 0. The predicted octanol–water partition coefficient (Wildman–Crippen LogP) is 1.66. The van der Waals surface area contributed by atoms with E-state index in [0.29, 0.717) is 30.9 Å². The molecule has 0 saturated carbocycles. The Morgan fingerprint density at radius 3 is 2.83 bits per heavy atom. The van der Waals surface area contributed by atoms with Crippen LogP contribution in [0, 0.1) is 5.92 Å². The van der Waals surface area contributed by atoms with Gasteiger partial charge in [0.25, 0.3) is 0 Å². The third-order valence-electron chi connectivity index (χ3n) is 3.48. The molecule has 0 amide bonds. The number of hydrogen-bond acceptors (Lipinski definition) is 3. The number of sulfonamides is 1. The summed E-state index contributed by atoms with van der Waals surface area (Å²) in [6, 6.07) is 0.456. The van der Waals surface area contributed by atoms with Gasteiger partial charge in [-0.25, -0.2) is 12.7 Å². The van der Waals surface area contributed by atoms with Crippen LogP contribution in [0.25, 0.3) is 0 Å². The molecule has 1 fully saturated rings. The molecule has 1 heterocycles. The minimum Gasteiger partial charge on any atom is -0.314 e. The molecule has 2 atom stereocenters. The van der Waals surface area contributed by atoms with E-state index in [2.05, 4.69) is 12.2 Å². The zero-order chi connectivity index (χ0) is 13.6. The monoisotopic (exact) mass is 296 g/mol. The standard InChI is InChI=1S/C12H25ClN2O2S/c1-11(5-3-7-13)14-9-12-6-4-8-15(10-12)18(2,16)17/h11-12,14H,3-10H2,1-2H3. The largest absolute Gasteiger partial charge is 0.314 e. The van der Waals surface area contributed by atoms with Crippen LogP contribution in [0.1, 0.15) is 32.6 Å². The maximum atomic E-state index is 11.5. The second kappa shape index (κ2) is 7.68. The Morgan fingerprint density at radius 2 is 2.22 bits per heavy atom. The lowest BCUT2D eigenvalue weighted by Crippen LogP contribution is -2.43. The first-order valence-corrected chi connectivity index (χ1v) is 9.06. The zero-order valence-electron chi connectivity index (χ0n) is 11.4. The fourth-order valence-corrected chi connectivity index (χ4v) is 3.44. The van der Waals surface area contributed by atoms with Crippen LogP contribution in [-0.4, -0.2) is 50.5 Å². The lowest BCUT2D eigenvalue weighted by Gasteiger charge is -2.31. The summed E-state index contributed by atoms with van der Waals surface area (Å²) in [6.45, 7) is 4.39. The number of alkyl halides is 1. The van der Waals surface area contributed by atoms with Crippen LogP contribution in [-0.2, 0) is 10.0 Å². The van der Waals surface area contributed by atoms with Gasteiger partial charge in [0.1, 0.15) is 0 Å². The number of rotatable bonds is 7. The average Bonchev–Trinajstić information content (AvgIpc) is 2.33. The van der Waals surface area contributed by atoms with Crippen molar-refractivity contribution in [1.82, 2.24) is 9.62 Å². The highest BCUT2D eigenvalue weighted by atomic mass is 35.5. The van der Waals surface area contributed by atoms with Crippen molar-refractivity contribution in [2.45, 2.75) is 38.6 Å². The van der Waals surface area contributed by atoms with Crippen LogP contribution in [0.4, 0.5) is 0 Å². The average molecular weight is 297 g/mol. The van der Waals surface area contributed by atoms with Crippen LogP contribution in [0.2, 0.25) is 0 Å². The summed E-state index contributed by atoms with van der Waals surface area (Å²) in [7, 11) is -3.02. The molecule has 4 nitrogen and oxygen atoms in total. The van der Waals surface area contributed by atoms with Crippen molar-refractivity contribution in [3.63, 3.8) is 0 Å². The number of nitrogens with one attached hydrogen (secondary N) is 1.